The van der Waals surface area contributed by atoms with Gasteiger partial charge < -0.3 is 0 Å². The minimum atomic E-state index is -3.71. The van der Waals surface area contributed by atoms with E-state index in [0.717, 1.165) is 11.3 Å². The fourth-order valence-electron chi connectivity index (χ4n) is 0.725. The largest absolute Gasteiger partial charge is 0.288 e. The van der Waals surface area contributed by atoms with Crippen LogP contribution in [0, 0.1) is 11.8 Å². The van der Waals surface area contributed by atoms with Gasteiger partial charge in [-0.15, -0.1) is 16.2 Å². The fourth-order valence-corrected chi connectivity index (χ4v) is 2.83. The first kappa shape index (κ1) is 9.14. The van der Waals surface area contributed by atoms with Crippen molar-refractivity contribution in [3.63, 3.8) is 0 Å². The van der Waals surface area contributed by atoms with Crippen molar-refractivity contribution in [3.05, 3.63) is 21.9 Å². The molecule has 0 unspecified atom stereocenters. The molecule has 0 aliphatic carbocycles. The first-order chi connectivity index (χ1) is 5.58. The van der Waals surface area contributed by atoms with Crippen molar-refractivity contribution in [1.82, 2.24) is 4.83 Å². The molecule has 0 spiro atoms. The Balaban J connectivity index is 3.14. The number of aryl methyl sites for hydroxylation is 1. The highest BCUT2D eigenvalue weighted by molar-refractivity contribution is 7.91. The second-order valence-electron chi connectivity index (χ2n) is 2.08. The van der Waals surface area contributed by atoms with Gasteiger partial charge in [0.1, 0.15) is 4.21 Å². The van der Waals surface area contributed by atoms with Gasteiger partial charge in [0.15, 0.2) is 0 Å². The summed E-state index contributed by atoms with van der Waals surface area (Å²) in [5, 5.41) is 3.76. The third-order valence-electron chi connectivity index (χ3n) is 1.22. The number of hydrogen-bond acceptors (Lipinski definition) is 5. The molecule has 1 aromatic heterocycles. The summed E-state index contributed by atoms with van der Waals surface area (Å²) in [6.07, 6.45) is 0. The van der Waals surface area contributed by atoms with Gasteiger partial charge in [-0.2, -0.15) is 13.2 Å². The topological polar surface area (TPSA) is 75.6 Å². The Labute approximate surface area is 73.4 Å². The zero-order valence-corrected chi connectivity index (χ0v) is 7.78. The van der Waals surface area contributed by atoms with E-state index in [4.69, 9.17) is 0 Å². The zero-order valence-electron chi connectivity index (χ0n) is 6.14. The van der Waals surface area contributed by atoms with Crippen molar-refractivity contribution in [1.29, 1.82) is 0 Å². The van der Waals surface area contributed by atoms with Crippen molar-refractivity contribution < 1.29 is 8.42 Å². The average Bonchev–Trinajstić information content (AvgIpc) is 2.35. The van der Waals surface area contributed by atoms with E-state index < -0.39 is 10.0 Å². The minimum Gasteiger partial charge on any atom is -0.199 e. The third-order valence-corrected chi connectivity index (χ3v) is 4.10. The quantitative estimate of drug-likeness (QED) is 0.592. The summed E-state index contributed by atoms with van der Waals surface area (Å²) < 4.78 is 22.4. The lowest BCUT2D eigenvalue weighted by atomic mass is 10.4. The molecule has 0 amide bonds. The van der Waals surface area contributed by atoms with Gasteiger partial charge in [0.05, 0.1) is 5.29 Å². The van der Waals surface area contributed by atoms with Crippen molar-refractivity contribution >= 4 is 21.4 Å². The molecule has 0 atom stereocenters. The molecule has 0 saturated heterocycles. The van der Waals surface area contributed by atoms with Crippen LogP contribution in [0.5, 0.6) is 0 Å². The van der Waals surface area contributed by atoms with Crippen LogP contribution in [0.2, 0.25) is 0 Å². The Morgan fingerprint density at radius 1 is 1.58 bits per heavy atom. The van der Waals surface area contributed by atoms with E-state index in [9.17, 15) is 13.3 Å². The second-order valence-corrected chi connectivity index (χ2v) is 4.85. The normalized spacial score (nSPS) is 11.1. The highest BCUT2D eigenvalue weighted by atomic mass is 32.2. The van der Waals surface area contributed by atoms with E-state index in [1.165, 1.54) is 4.83 Å². The van der Waals surface area contributed by atoms with Gasteiger partial charge in [0, 0.05) is 0 Å². The summed E-state index contributed by atoms with van der Waals surface area (Å²) >= 11 is 1.05. The van der Waals surface area contributed by atoms with Gasteiger partial charge in [0.25, 0.3) is 10.0 Å². The maximum absolute atomic E-state index is 11.1. The highest BCUT2D eigenvalue weighted by Gasteiger charge is 2.17. The lowest BCUT2D eigenvalue weighted by molar-refractivity contribution is 0.585. The van der Waals surface area contributed by atoms with Crippen LogP contribution < -0.4 is 4.83 Å². The molecule has 0 saturated carbocycles. The Morgan fingerprint density at radius 3 is 2.67 bits per heavy atom. The maximum atomic E-state index is 11.1. The molecule has 1 rings (SSSR count). The second kappa shape index (κ2) is 3.20. The lowest BCUT2D eigenvalue weighted by Gasteiger charge is -1.97. The van der Waals surface area contributed by atoms with Crippen molar-refractivity contribution in [2.45, 2.75) is 11.1 Å². The molecule has 0 fully saturated rings. The SMILES string of the molecule is Cc1ccsc1S(=O)(=O)NN=O. The van der Waals surface area contributed by atoms with Crippen LogP contribution in [-0.2, 0) is 10.0 Å². The van der Waals surface area contributed by atoms with Gasteiger partial charge in [-0.1, -0.05) is 0 Å². The summed E-state index contributed by atoms with van der Waals surface area (Å²) in [6.45, 7) is 1.65. The molecule has 0 aliphatic rings. The van der Waals surface area contributed by atoms with E-state index in [1.54, 1.807) is 18.4 Å². The third kappa shape index (κ3) is 1.62. The molecule has 1 aromatic rings. The molecule has 1 heterocycles. The molecule has 7 heteroatoms. The number of hydrogen-bond donors (Lipinski definition) is 1. The van der Waals surface area contributed by atoms with Gasteiger partial charge in [-0.25, -0.2) is 0 Å². The summed E-state index contributed by atoms with van der Waals surface area (Å²) in [7, 11) is -3.71. The van der Waals surface area contributed by atoms with Crippen molar-refractivity contribution in [2.75, 3.05) is 0 Å². The molecule has 0 radical (unpaired) electrons. The zero-order chi connectivity index (χ0) is 9.19. The molecule has 0 bridgehead atoms. The predicted molar refractivity (Wildman–Crippen MR) is 45.2 cm³/mol. The van der Waals surface area contributed by atoms with Gasteiger partial charge in [0.2, 0.25) is 0 Å². The van der Waals surface area contributed by atoms with Gasteiger partial charge in [-0.3, -0.25) is 0 Å². The van der Waals surface area contributed by atoms with Crippen LogP contribution in [0.1, 0.15) is 5.56 Å². The monoisotopic (exact) mass is 206 g/mol. The molecule has 12 heavy (non-hydrogen) atoms. The number of nitrogens with zero attached hydrogens (tertiary/aromatic N) is 1. The summed E-state index contributed by atoms with van der Waals surface area (Å²) in [6, 6.07) is 1.66. The highest BCUT2D eigenvalue weighted by Crippen LogP contribution is 2.20. The molecule has 1 N–H and O–H groups in total. The molecule has 0 aliphatic heterocycles. The van der Waals surface area contributed by atoms with E-state index in [2.05, 4.69) is 5.29 Å². The number of thiophene rings is 1. The molecular formula is C5H6N2O3S2. The first-order valence-electron chi connectivity index (χ1n) is 2.96. The number of rotatable bonds is 3. The van der Waals surface area contributed by atoms with Crippen LogP contribution >= 0.6 is 11.3 Å². The minimum absolute atomic E-state index is 0.127. The van der Waals surface area contributed by atoms with Crippen LogP contribution in [0.15, 0.2) is 20.9 Å². The number of sulfonamides is 1. The smallest absolute Gasteiger partial charge is 0.199 e. The van der Waals surface area contributed by atoms with E-state index in [1.807, 2.05) is 0 Å². The Kier molecular flexibility index (Phi) is 2.43. The van der Waals surface area contributed by atoms with E-state index in [-0.39, 0.29) is 4.21 Å². The maximum Gasteiger partial charge on any atom is 0.288 e. The van der Waals surface area contributed by atoms with Crippen LogP contribution in [0.4, 0.5) is 0 Å². The fraction of sp³-hybridized carbons (Fsp3) is 0.200. The van der Waals surface area contributed by atoms with Crippen molar-refractivity contribution in [2.24, 2.45) is 5.29 Å². The van der Waals surface area contributed by atoms with Gasteiger partial charge >= 0.3 is 0 Å². The molecule has 66 valence electrons. The Hall–Kier alpha value is -0.950. The summed E-state index contributed by atoms with van der Waals surface area (Å²) in [4.78, 5) is 11.2. The lowest BCUT2D eigenvalue weighted by Crippen LogP contribution is -2.16. The number of nitroso groups, excluding NO2 is 1. The first-order valence-corrected chi connectivity index (χ1v) is 5.32. The molecule has 5 nitrogen and oxygen atoms in total. The van der Waals surface area contributed by atoms with E-state index >= 15 is 0 Å². The Bertz CT molecular complexity index is 381. The van der Waals surface area contributed by atoms with E-state index in [0.29, 0.717) is 5.56 Å². The predicted octanol–water partition coefficient (Wildman–Crippen LogP) is 1.02. The average molecular weight is 206 g/mol. The van der Waals surface area contributed by atoms with Crippen LogP contribution in [0.3, 0.4) is 0 Å². The number of nitrogens with one attached hydrogen (secondary N) is 1. The standard InChI is InChI=1S/C5H6N2O3S2/c1-4-2-3-11-5(4)12(9,10)7-6-8/h2-3H,1H3,(H,7,8). The molecule has 0 aromatic carbocycles. The van der Waals surface area contributed by atoms with Crippen molar-refractivity contribution in [3.8, 4) is 0 Å². The summed E-state index contributed by atoms with van der Waals surface area (Å²) in [5.41, 5.74) is 0.608. The summed E-state index contributed by atoms with van der Waals surface area (Å²) in [5.74, 6) is 0. The van der Waals surface area contributed by atoms with Gasteiger partial charge in [-0.05, 0) is 23.9 Å². The van der Waals surface area contributed by atoms with Crippen LogP contribution in [-0.4, -0.2) is 8.42 Å². The Morgan fingerprint density at radius 2 is 2.25 bits per heavy atom. The van der Waals surface area contributed by atoms with Crippen LogP contribution in [0.25, 0.3) is 0 Å². The molecular weight excluding hydrogens is 200 g/mol.